The van der Waals surface area contributed by atoms with Gasteiger partial charge in [0, 0.05) is 31.7 Å². The van der Waals surface area contributed by atoms with Crippen LogP contribution in [0.5, 0.6) is 5.75 Å². The Morgan fingerprint density at radius 1 is 1.04 bits per heavy atom. The first-order valence-corrected chi connectivity index (χ1v) is 7.31. The van der Waals surface area contributed by atoms with Gasteiger partial charge in [-0.1, -0.05) is 0 Å². The Labute approximate surface area is 148 Å². The van der Waals surface area contributed by atoms with E-state index in [1.165, 1.54) is 12.1 Å². The van der Waals surface area contributed by atoms with Crippen LogP contribution in [-0.4, -0.2) is 60.7 Å². The van der Waals surface area contributed by atoms with Gasteiger partial charge in [-0.15, -0.1) is 13.2 Å². The van der Waals surface area contributed by atoms with Gasteiger partial charge in [0.25, 0.3) is 5.91 Å². The number of piperazine rings is 1. The maximum absolute atomic E-state index is 12.0. The van der Waals surface area contributed by atoms with E-state index >= 15 is 0 Å². The quantitative estimate of drug-likeness (QED) is 0.667. The van der Waals surface area contributed by atoms with Crippen LogP contribution in [0.25, 0.3) is 0 Å². The zero-order chi connectivity index (χ0) is 20.7. The molecule has 1 aliphatic rings. The Bertz CT molecular complexity index is 627. The molecule has 152 valence electrons. The predicted octanol–water partition coefficient (Wildman–Crippen LogP) is 1.77. The number of carbonyl (C=O) groups excluding carboxylic acids is 1. The highest BCUT2D eigenvalue weighted by atomic mass is 19.4. The maximum atomic E-state index is 12.0. The van der Waals surface area contributed by atoms with E-state index in [1.807, 2.05) is 0 Å². The molecule has 0 spiro atoms. The average molecular weight is 403 g/mol. The third kappa shape index (κ3) is 9.10. The highest BCUT2D eigenvalue weighted by Crippen LogP contribution is 2.22. The fourth-order valence-electron chi connectivity index (χ4n) is 1.79. The Hall–Kier alpha value is -2.54. The van der Waals surface area contributed by atoms with Crippen molar-refractivity contribution in [2.45, 2.75) is 12.5 Å². The van der Waals surface area contributed by atoms with Crippen LogP contribution in [0.3, 0.4) is 0 Å². The van der Waals surface area contributed by atoms with Crippen molar-refractivity contribution in [3.8, 4) is 5.75 Å². The standard InChI is InChI=1S/C12H14F3N3O2.C2HF3O2/c13-12(14,15)20-10-3-1-9(2-4-10)11(19)17-18-7-5-16-6-8-18;3-2(4,5)1(6)7/h1-4,16H,5-8H2,(H,17,19);(H,6,7). The maximum Gasteiger partial charge on any atom is 0.573 e. The Morgan fingerprint density at radius 3 is 1.93 bits per heavy atom. The summed E-state index contributed by atoms with van der Waals surface area (Å²) in [7, 11) is 0. The van der Waals surface area contributed by atoms with E-state index < -0.39 is 18.5 Å². The van der Waals surface area contributed by atoms with Gasteiger partial charge in [-0.05, 0) is 24.3 Å². The van der Waals surface area contributed by atoms with Crippen LogP contribution in [0.2, 0.25) is 0 Å². The van der Waals surface area contributed by atoms with Crippen molar-refractivity contribution in [1.29, 1.82) is 0 Å². The van der Waals surface area contributed by atoms with Gasteiger partial charge in [0.1, 0.15) is 5.75 Å². The minimum Gasteiger partial charge on any atom is -0.475 e. The van der Waals surface area contributed by atoms with Crippen LogP contribution in [0.4, 0.5) is 26.3 Å². The number of benzene rings is 1. The summed E-state index contributed by atoms with van der Waals surface area (Å²) in [4.78, 5) is 20.8. The molecule has 0 aromatic heterocycles. The fraction of sp³-hybridized carbons (Fsp3) is 0.429. The number of carboxylic acids is 1. The van der Waals surface area contributed by atoms with Crippen LogP contribution in [0.1, 0.15) is 10.4 Å². The summed E-state index contributed by atoms with van der Waals surface area (Å²) in [6.07, 6.45) is -9.81. The van der Waals surface area contributed by atoms with Crippen molar-refractivity contribution in [2.24, 2.45) is 0 Å². The molecule has 1 aromatic rings. The van der Waals surface area contributed by atoms with Crippen molar-refractivity contribution in [3.05, 3.63) is 29.8 Å². The van der Waals surface area contributed by atoms with E-state index in [9.17, 15) is 31.1 Å². The number of aliphatic carboxylic acids is 1. The molecule has 0 radical (unpaired) electrons. The van der Waals surface area contributed by atoms with E-state index in [0.717, 1.165) is 25.2 Å². The SMILES string of the molecule is O=C(NN1CCNCC1)c1ccc(OC(F)(F)F)cc1.O=C(O)C(F)(F)F. The lowest BCUT2D eigenvalue weighted by molar-refractivity contribution is -0.274. The number of halogens is 6. The molecule has 1 saturated heterocycles. The van der Waals surface area contributed by atoms with Crippen molar-refractivity contribution >= 4 is 11.9 Å². The second kappa shape index (κ2) is 9.41. The third-order valence-corrected chi connectivity index (χ3v) is 2.97. The minimum absolute atomic E-state index is 0.276. The molecule has 7 nitrogen and oxygen atoms in total. The molecule has 13 heteroatoms. The zero-order valence-electron chi connectivity index (χ0n) is 13.5. The van der Waals surface area contributed by atoms with Gasteiger partial charge < -0.3 is 15.2 Å². The highest BCUT2D eigenvalue weighted by Gasteiger charge is 2.38. The van der Waals surface area contributed by atoms with E-state index in [2.05, 4.69) is 15.5 Å². The van der Waals surface area contributed by atoms with E-state index in [4.69, 9.17) is 9.90 Å². The highest BCUT2D eigenvalue weighted by molar-refractivity contribution is 5.93. The van der Waals surface area contributed by atoms with Crippen LogP contribution < -0.4 is 15.5 Å². The van der Waals surface area contributed by atoms with Crippen LogP contribution in [0.15, 0.2) is 24.3 Å². The van der Waals surface area contributed by atoms with E-state index in [1.54, 1.807) is 5.01 Å². The van der Waals surface area contributed by atoms with Gasteiger partial charge in [0.2, 0.25) is 0 Å². The number of ether oxygens (including phenoxy) is 1. The molecule has 1 aromatic carbocycles. The zero-order valence-corrected chi connectivity index (χ0v) is 13.5. The lowest BCUT2D eigenvalue weighted by Crippen LogP contribution is -2.52. The first kappa shape index (κ1) is 22.5. The van der Waals surface area contributed by atoms with E-state index in [0.29, 0.717) is 13.1 Å². The minimum atomic E-state index is -5.08. The molecular weight excluding hydrogens is 388 g/mol. The summed E-state index contributed by atoms with van der Waals surface area (Å²) in [5, 5.41) is 12.0. The molecule has 0 unspecified atom stereocenters. The summed E-state index contributed by atoms with van der Waals surface area (Å²) in [6.45, 7) is 2.92. The fourth-order valence-corrected chi connectivity index (χ4v) is 1.79. The number of nitrogens with zero attached hydrogens (tertiary/aromatic N) is 1. The predicted molar refractivity (Wildman–Crippen MR) is 78.7 cm³/mol. The van der Waals surface area contributed by atoms with Crippen molar-refractivity contribution in [1.82, 2.24) is 15.8 Å². The van der Waals surface area contributed by atoms with Gasteiger partial charge in [0.05, 0.1) is 0 Å². The normalized spacial score (nSPS) is 15.3. The Kier molecular flexibility index (Phi) is 7.84. The van der Waals surface area contributed by atoms with Crippen molar-refractivity contribution < 1.29 is 45.8 Å². The number of carboxylic acid groups (broad SMARTS) is 1. The number of carbonyl (C=O) groups is 2. The molecule has 0 atom stereocenters. The van der Waals surface area contributed by atoms with E-state index in [-0.39, 0.29) is 17.2 Å². The summed E-state index contributed by atoms with van der Waals surface area (Å²) >= 11 is 0. The second-order valence-corrected chi connectivity index (χ2v) is 5.05. The van der Waals surface area contributed by atoms with Crippen molar-refractivity contribution in [3.63, 3.8) is 0 Å². The van der Waals surface area contributed by atoms with Crippen LogP contribution in [0, 0.1) is 0 Å². The summed E-state index contributed by atoms with van der Waals surface area (Å²) in [6, 6.07) is 4.80. The smallest absolute Gasteiger partial charge is 0.475 e. The molecule has 1 aliphatic heterocycles. The topological polar surface area (TPSA) is 90.9 Å². The number of hydrazine groups is 1. The first-order valence-electron chi connectivity index (χ1n) is 7.31. The van der Waals surface area contributed by atoms with Gasteiger partial charge in [-0.2, -0.15) is 13.2 Å². The number of rotatable bonds is 3. The molecule has 2 rings (SSSR count). The molecule has 3 N–H and O–H groups in total. The molecule has 1 fully saturated rings. The molecule has 0 bridgehead atoms. The summed E-state index contributed by atoms with van der Waals surface area (Å²) in [5.41, 5.74) is 2.97. The number of hydrogen-bond acceptors (Lipinski definition) is 5. The molecule has 1 amide bonds. The van der Waals surface area contributed by atoms with Gasteiger partial charge >= 0.3 is 18.5 Å². The molecular formula is C14H15F6N3O4. The van der Waals surface area contributed by atoms with Gasteiger partial charge in [-0.25, -0.2) is 9.80 Å². The lowest BCUT2D eigenvalue weighted by atomic mass is 10.2. The summed E-state index contributed by atoms with van der Waals surface area (Å²) < 4.78 is 71.5. The first-order chi connectivity index (χ1) is 12.4. The van der Waals surface area contributed by atoms with Gasteiger partial charge in [0.15, 0.2) is 0 Å². The van der Waals surface area contributed by atoms with Crippen molar-refractivity contribution in [2.75, 3.05) is 26.2 Å². The molecule has 27 heavy (non-hydrogen) atoms. The van der Waals surface area contributed by atoms with Crippen LogP contribution >= 0.6 is 0 Å². The summed E-state index contributed by atoms with van der Waals surface area (Å²) in [5.74, 6) is -3.46. The monoisotopic (exact) mass is 403 g/mol. The Balaban J connectivity index is 0.000000445. The number of alkyl halides is 6. The average Bonchev–Trinajstić information content (AvgIpc) is 2.54. The Morgan fingerprint density at radius 2 is 1.52 bits per heavy atom. The van der Waals surface area contributed by atoms with Gasteiger partial charge in [-0.3, -0.25) is 10.2 Å². The number of nitrogens with one attached hydrogen (secondary N) is 2. The number of hydrogen-bond donors (Lipinski definition) is 3. The third-order valence-electron chi connectivity index (χ3n) is 2.97. The molecule has 1 heterocycles. The second-order valence-electron chi connectivity index (χ2n) is 5.05. The number of amides is 1. The molecule has 0 saturated carbocycles. The lowest BCUT2D eigenvalue weighted by Gasteiger charge is -2.27. The van der Waals surface area contributed by atoms with Crippen LogP contribution in [-0.2, 0) is 4.79 Å². The molecule has 0 aliphatic carbocycles. The largest absolute Gasteiger partial charge is 0.573 e.